The van der Waals surface area contributed by atoms with E-state index in [-0.39, 0.29) is 11.6 Å². The Balaban J connectivity index is 1.27. The Morgan fingerprint density at radius 2 is 1.50 bits per heavy atom. The Kier molecular flexibility index (Phi) is 7.47. The minimum absolute atomic E-state index is 0.0498. The Hall–Kier alpha value is -4.01. The molecule has 1 heterocycles. The van der Waals surface area contributed by atoms with Crippen LogP contribution in [0.4, 0.5) is 35.0 Å². The Labute approximate surface area is 207 Å². The third kappa shape index (κ3) is 6.56. The fraction of sp³-hybridized carbons (Fsp3) is 0.259. The molecule has 36 heavy (non-hydrogen) atoms. The van der Waals surface area contributed by atoms with Crippen LogP contribution in [0.25, 0.3) is 0 Å². The van der Waals surface area contributed by atoms with Crippen LogP contribution in [0.3, 0.4) is 0 Å². The number of carbonyl (C=O) groups excluding carboxylic acids is 2. The number of benzene rings is 3. The zero-order valence-electron chi connectivity index (χ0n) is 19.8. The molecule has 1 fully saturated rings. The van der Waals surface area contributed by atoms with Crippen LogP contribution in [0.1, 0.15) is 16.7 Å². The molecule has 1 aliphatic heterocycles. The summed E-state index contributed by atoms with van der Waals surface area (Å²) in [5.41, 5.74) is 2.84. The summed E-state index contributed by atoms with van der Waals surface area (Å²) in [7, 11) is 0. The molecule has 2 N–H and O–H groups in total. The first-order valence-electron chi connectivity index (χ1n) is 11.6. The summed E-state index contributed by atoms with van der Waals surface area (Å²) in [6.07, 6.45) is -4.09. The van der Waals surface area contributed by atoms with E-state index in [0.717, 1.165) is 28.9 Å². The van der Waals surface area contributed by atoms with Gasteiger partial charge < -0.3 is 20.4 Å². The van der Waals surface area contributed by atoms with Gasteiger partial charge in [0.1, 0.15) is 0 Å². The Morgan fingerprint density at radius 3 is 2.17 bits per heavy atom. The predicted molar refractivity (Wildman–Crippen MR) is 134 cm³/mol. The van der Waals surface area contributed by atoms with Gasteiger partial charge in [-0.2, -0.15) is 13.2 Å². The van der Waals surface area contributed by atoms with E-state index in [0.29, 0.717) is 38.3 Å². The normalized spacial score (nSPS) is 13.9. The number of amides is 3. The second kappa shape index (κ2) is 10.7. The molecule has 0 aromatic heterocycles. The van der Waals surface area contributed by atoms with E-state index < -0.39 is 17.8 Å². The molecule has 3 amide bonds. The summed E-state index contributed by atoms with van der Waals surface area (Å²) in [5, 5.41) is 5.04. The number of piperazine rings is 1. The standard InChI is InChI=1S/C27H27F3N4O2/c1-19-4-2-5-20(16-19)17-25(35)34-14-12-33(13-15-34)24-10-8-22(9-11-24)31-26(36)32-23-7-3-6-21(18-23)27(28,29)30/h2-11,16,18H,12-15,17H2,1H3,(H2,31,32,36). The zero-order valence-corrected chi connectivity index (χ0v) is 19.8. The third-order valence-electron chi connectivity index (χ3n) is 6.01. The van der Waals surface area contributed by atoms with Crippen LogP contribution in [0.5, 0.6) is 0 Å². The van der Waals surface area contributed by atoms with Crippen LogP contribution in [0, 0.1) is 6.92 Å². The van der Waals surface area contributed by atoms with E-state index in [1.165, 1.54) is 12.1 Å². The van der Waals surface area contributed by atoms with E-state index >= 15 is 0 Å². The summed E-state index contributed by atoms with van der Waals surface area (Å²) in [6, 6.07) is 19.0. The lowest BCUT2D eigenvalue weighted by molar-refractivity contribution is -0.137. The molecule has 3 aromatic rings. The van der Waals surface area contributed by atoms with Gasteiger partial charge in [0.05, 0.1) is 12.0 Å². The average molecular weight is 497 g/mol. The monoisotopic (exact) mass is 496 g/mol. The van der Waals surface area contributed by atoms with Crippen molar-refractivity contribution in [2.24, 2.45) is 0 Å². The van der Waals surface area contributed by atoms with Crippen LogP contribution < -0.4 is 15.5 Å². The summed E-state index contributed by atoms with van der Waals surface area (Å²) in [6.45, 7) is 4.66. The third-order valence-corrected chi connectivity index (χ3v) is 6.01. The number of urea groups is 1. The van der Waals surface area contributed by atoms with Crippen molar-refractivity contribution >= 4 is 29.0 Å². The predicted octanol–water partition coefficient (Wildman–Crippen LogP) is 5.55. The Morgan fingerprint density at radius 1 is 0.833 bits per heavy atom. The second-order valence-electron chi connectivity index (χ2n) is 8.74. The zero-order chi connectivity index (χ0) is 25.7. The fourth-order valence-corrected chi connectivity index (χ4v) is 4.14. The maximum absolute atomic E-state index is 12.9. The molecular weight excluding hydrogens is 469 g/mol. The minimum atomic E-state index is -4.48. The number of rotatable bonds is 5. The highest BCUT2D eigenvalue weighted by Gasteiger charge is 2.30. The summed E-state index contributed by atoms with van der Waals surface area (Å²) in [5.74, 6) is 0.117. The number of alkyl halides is 3. The van der Waals surface area contributed by atoms with Crippen molar-refractivity contribution in [1.29, 1.82) is 0 Å². The first-order chi connectivity index (χ1) is 17.2. The van der Waals surface area contributed by atoms with E-state index in [4.69, 9.17) is 0 Å². The summed E-state index contributed by atoms with van der Waals surface area (Å²) < 4.78 is 38.6. The van der Waals surface area contributed by atoms with Gasteiger partial charge in [0.15, 0.2) is 0 Å². The van der Waals surface area contributed by atoms with Crippen LogP contribution in [0.2, 0.25) is 0 Å². The molecule has 9 heteroatoms. The first kappa shape index (κ1) is 25.1. The highest BCUT2D eigenvalue weighted by molar-refractivity contribution is 5.99. The molecular formula is C27H27F3N4O2. The van der Waals surface area contributed by atoms with Gasteiger partial charge in [-0.25, -0.2) is 4.79 Å². The highest BCUT2D eigenvalue weighted by atomic mass is 19.4. The number of hydrogen-bond acceptors (Lipinski definition) is 3. The van der Waals surface area contributed by atoms with Gasteiger partial charge in [-0.05, 0) is 55.0 Å². The largest absolute Gasteiger partial charge is 0.416 e. The smallest absolute Gasteiger partial charge is 0.368 e. The molecule has 0 bridgehead atoms. The molecule has 0 radical (unpaired) electrons. The van der Waals surface area contributed by atoms with Gasteiger partial charge in [-0.1, -0.05) is 35.9 Å². The number of halogens is 3. The minimum Gasteiger partial charge on any atom is -0.368 e. The SMILES string of the molecule is Cc1cccc(CC(=O)N2CCN(c3ccc(NC(=O)Nc4cccc(C(F)(F)F)c4)cc3)CC2)c1. The van der Waals surface area contributed by atoms with Gasteiger partial charge in [0.2, 0.25) is 5.91 Å². The van der Waals surface area contributed by atoms with Crippen LogP contribution >= 0.6 is 0 Å². The molecule has 0 aliphatic carbocycles. The van der Waals surface area contributed by atoms with Crippen molar-refractivity contribution < 1.29 is 22.8 Å². The maximum atomic E-state index is 12.9. The Bertz CT molecular complexity index is 1220. The number of hydrogen-bond donors (Lipinski definition) is 2. The van der Waals surface area contributed by atoms with Crippen LogP contribution in [-0.4, -0.2) is 43.0 Å². The fourth-order valence-electron chi connectivity index (χ4n) is 4.14. The number of aryl methyl sites for hydroxylation is 1. The molecule has 0 atom stereocenters. The molecule has 6 nitrogen and oxygen atoms in total. The van der Waals surface area contributed by atoms with Gasteiger partial charge in [0, 0.05) is 43.2 Å². The lowest BCUT2D eigenvalue weighted by Crippen LogP contribution is -2.49. The average Bonchev–Trinajstić information content (AvgIpc) is 2.84. The molecule has 4 rings (SSSR count). The molecule has 0 unspecified atom stereocenters. The first-order valence-corrected chi connectivity index (χ1v) is 11.6. The number of nitrogens with zero attached hydrogens (tertiary/aromatic N) is 2. The van der Waals surface area contributed by atoms with Gasteiger partial charge >= 0.3 is 12.2 Å². The lowest BCUT2D eigenvalue weighted by Gasteiger charge is -2.36. The second-order valence-corrected chi connectivity index (χ2v) is 8.74. The number of carbonyl (C=O) groups is 2. The molecule has 1 saturated heterocycles. The van der Waals surface area contributed by atoms with E-state index in [1.807, 2.05) is 48.2 Å². The molecule has 188 valence electrons. The van der Waals surface area contributed by atoms with Crippen molar-refractivity contribution in [1.82, 2.24) is 4.90 Å². The lowest BCUT2D eigenvalue weighted by atomic mass is 10.1. The van der Waals surface area contributed by atoms with Crippen LogP contribution in [-0.2, 0) is 17.4 Å². The number of anilines is 3. The summed E-state index contributed by atoms with van der Waals surface area (Å²) >= 11 is 0. The molecule has 0 saturated carbocycles. The van der Waals surface area contributed by atoms with Gasteiger partial charge in [-0.15, -0.1) is 0 Å². The highest BCUT2D eigenvalue weighted by Crippen LogP contribution is 2.30. The molecule has 3 aromatic carbocycles. The quantitative estimate of drug-likeness (QED) is 0.487. The molecule has 1 aliphatic rings. The van der Waals surface area contributed by atoms with E-state index in [1.54, 1.807) is 12.1 Å². The number of nitrogens with one attached hydrogen (secondary N) is 2. The van der Waals surface area contributed by atoms with Crippen molar-refractivity contribution in [3.63, 3.8) is 0 Å². The van der Waals surface area contributed by atoms with Gasteiger partial charge in [0.25, 0.3) is 0 Å². The van der Waals surface area contributed by atoms with Crippen molar-refractivity contribution in [2.75, 3.05) is 41.7 Å². The van der Waals surface area contributed by atoms with Crippen molar-refractivity contribution in [3.8, 4) is 0 Å². The topological polar surface area (TPSA) is 64.7 Å². The van der Waals surface area contributed by atoms with Gasteiger partial charge in [-0.3, -0.25) is 4.79 Å². The van der Waals surface area contributed by atoms with E-state index in [9.17, 15) is 22.8 Å². The summed E-state index contributed by atoms with van der Waals surface area (Å²) in [4.78, 5) is 29.0. The maximum Gasteiger partial charge on any atom is 0.416 e. The van der Waals surface area contributed by atoms with E-state index in [2.05, 4.69) is 15.5 Å². The van der Waals surface area contributed by atoms with Crippen LogP contribution in [0.15, 0.2) is 72.8 Å². The van der Waals surface area contributed by atoms with Crippen molar-refractivity contribution in [3.05, 3.63) is 89.5 Å². The molecule has 0 spiro atoms. The van der Waals surface area contributed by atoms with Crippen molar-refractivity contribution in [2.45, 2.75) is 19.5 Å².